The monoisotopic (exact) mass is 392 g/mol. The van der Waals surface area contributed by atoms with Crippen LogP contribution in [0.2, 0.25) is 0 Å². The molecule has 28 heavy (non-hydrogen) atoms. The second kappa shape index (κ2) is 12.2. The largest absolute Gasteiger partial charge is 0.484 e. The Bertz CT molecular complexity index is 630. The highest BCUT2D eigenvalue weighted by Gasteiger charge is 2.15. The fourth-order valence-corrected chi connectivity index (χ4v) is 2.60. The topological polar surface area (TPSA) is 84.4 Å². The maximum Gasteiger partial charge on any atom is 0.259 e. The van der Waals surface area contributed by atoms with Crippen LogP contribution in [-0.4, -0.2) is 77.0 Å². The van der Waals surface area contributed by atoms with Crippen molar-refractivity contribution in [2.75, 3.05) is 54.1 Å². The third-order valence-corrected chi connectivity index (χ3v) is 4.30. The van der Waals surface area contributed by atoms with Crippen LogP contribution in [0.3, 0.4) is 0 Å². The number of benzene rings is 1. The molecule has 1 aliphatic heterocycles. The number of amides is 1. The molecule has 0 bridgehead atoms. The number of ether oxygens (including phenoxy) is 3. The zero-order valence-electron chi connectivity index (χ0n) is 17.1. The molecular weight excluding hydrogens is 360 g/mol. The van der Waals surface area contributed by atoms with Gasteiger partial charge in [-0.2, -0.15) is 0 Å². The summed E-state index contributed by atoms with van der Waals surface area (Å²) in [7, 11) is 5.16. The molecule has 2 N–H and O–H groups in total. The number of likely N-dealkylation sites (N-methyl/N-ethyl adjacent to an activating group) is 1. The van der Waals surface area contributed by atoms with Crippen molar-refractivity contribution < 1.29 is 19.0 Å². The molecule has 1 unspecified atom stereocenters. The van der Waals surface area contributed by atoms with Gasteiger partial charge >= 0.3 is 0 Å². The first-order valence-corrected chi connectivity index (χ1v) is 9.64. The Hall–Kier alpha value is -2.32. The van der Waals surface area contributed by atoms with Crippen LogP contribution in [0.5, 0.6) is 5.75 Å². The Morgan fingerprint density at radius 3 is 2.93 bits per heavy atom. The zero-order valence-corrected chi connectivity index (χ0v) is 17.1. The molecular formula is C20H32N4O4. The normalized spacial score (nSPS) is 16.7. The zero-order chi connectivity index (χ0) is 20.2. The summed E-state index contributed by atoms with van der Waals surface area (Å²) in [6.07, 6.45) is 2.14. The number of nitrogens with zero attached hydrogens (tertiary/aromatic N) is 2. The molecule has 1 amide bonds. The van der Waals surface area contributed by atoms with Crippen LogP contribution in [0.15, 0.2) is 29.3 Å². The molecule has 1 aliphatic rings. The fourth-order valence-electron chi connectivity index (χ4n) is 2.60. The lowest BCUT2D eigenvalue weighted by molar-refractivity contribution is -0.130. The van der Waals surface area contributed by atoms with E-state index in [1.807, 2.05) is 24.3 Å². The maximum absolute atomic E-state index is 11.6. The van der Waals surface area contributed by atoms with Crippen molar-refractivity contribution in [2.24, 2.45) is 4.99 Å². The van der Waals surface area contributed by atoms with Crippen molar-refractivity contribution in [3.63, 3.8) is 0 Å². The number of hydrogen-bond acceptors (Lipinski definition) is 5. The van der Waals surface area contributed by atoms with Gasteiger partial charge in [0.25, 0.3) is 5.91 Å². The van der Waals surface area contributed by atoms with Gasteiger partial charge in [0.1, 0.15) is 5.75 Å². The predicted octanol–water partition coefficient (Wildman–Crippen LogP) is 1.01. The van der Waals surface area contributed by atoms with Crippen LogP contribution in [-0.2, 0) is 20.8 Å². The molecule has 0 radical (unpaired) electrons. The molecule has 8 nitrogen and oxygen atoms in total. The summed E-state index contributed by atoms with van der Waals surface area (Å²) in [5, 5.41) is 6.55. The minimum absolute atomic E-state index is 0.0299. The summed E-state index contributed by atoms with van der Waals surface area (Å²) in [5.41, 5.74) is 1.04. The smallest absolute Gasteiger partial charge is 0.259 e. The minimum Gasteiger partial charge on any atom is -0.484 e. The first-order chi connectivity index (χ1) is 13.6. The Labute approximate surface area is 167 Å². The molecule has 0 saturated carbocycles. The lowest BCUT2D eigenvalue weighted by Gasteiger charge is -2.14. The number of carbonyl (C=O) groups excluding carboxylic acids is 1. The average molecular weight is 393 g/mol. The summed E-state index contributed by atoms with van der Waals surface area (Å²) in [6, 6.07) is 7.67. The van der Waals surface area contributed by atoms with Gasteiger partial charge in [-0.05, 0) is 30.5 Å². The second-order valence-corrected chi connectivity index (χ2v) is 6.79. The summed E-state index contributed by atoms with van der Waals surface area (Å²) < 4.78 is 16.6. The number of nitrogens with one attached hydrogen (secondary N) is 2. The van der Waals surface area contributed by atoms with Crippen LogP contribution in [0, 0.1) is 0 Å². The number of carbonyl (C=O) groups is 1. The molecule has 1 fully saturated rings. The van der Waals surface area contributed by atoms with E-state index in [1.54, 1.807) is 21.1 Å². The fraction of sp³-hybridized carbons (Fsp3) is 0.600. The second-order valence-electron chi connectivity index (χ2n) is 6.79. The van der Waals surface area contributed by atoms with E-state index in [4.69, 9.17) is 14.2 Å². The highest BCUT2D eigenvalue weighted by molar-refractivity contribution is 5.79. The van der Waals surface area contributed by atoms with Gasteiger partial charge in [-0.25, -0.2) is 0 Å². The lowest BCUT2D eigenvalue weighted by Crippen LogP contribution is -2.37. The van der Waals surface area contributed by atoms with Crippen molar-refractivity contribution in [3.8, 4) is 5.75 Å². The van der Waals surface area contributed by atoms with Gasteiger partial charge in [-0.15, -0.1) is 0 Å². The van der Waals surface area contributed by atoms with Gasteiger partial charge in [-0.1, -0.05) is 12.1 Å². The molecule has 1 heterocycles. The Morgan fingerprint density at radius 2 is 2.21 bits per heavy atom. The summed E-state index contributed by atoms with van der Waals surface area (Å²) in [5.74, 6) is 1.33. The van der Waals surface area contributed by atoms with Gasteiger partial charge < -0.3 is 29.7 Å². The van der Waals surface area contributed by atoms with E-state index < -0.39 is 0 Å². The standard InChI is InChI=1S/C20H32N4O4/c1-21-20(22-9-5-10-27-18-8-11-26-14-18)23-13-16-6-4-7-17(12-16)28-15-19(25)24(2)3/h4,6-7,12,18H,5,8-11,13-15H2,1-3H3,(H2,21,22,23). The van der Waals surface area contributed by atoms with Crippen molar-refractivity contribution in [1.82, 2.24) is 15.5 Å². The molecule has 1 saturated heterocycles. The molecule has 1 aromatic rings. The Kier molecular flexibility index (Phi) is 9.57. The summed E-state index contributed by atoms with van der Waals surface area (Å²) in [4.78, 5) is 17.4. The van der Waals surface area contributed by atoms with Crippen molar-refractivity contribution in [2.45, 2.75) is 25.5 Å². The molecule has 2 rings (SSSR count). The van der Waals surface area contributed by atoms with E-state index in [2.05, 4.69) is 15.6 Å². The summed E-state index contributed by atoms with van der Waals surface area (Å²) >= 11 is 0. The highest BCUT2D eigenvalue weighted by atomic mass is 16.5. The van der Waals surface area contributed by atoms with E-state index in [1.165, 1.54) is 4.90 Å². The SMILES string of the molecule is CN=C(NCCCOC1CCOC1)NCc1cccc(OCC(=O)N(C)C)c1. The van der Waals surface area contributed by atoms with E-state index >= 15 is 0 Å². The van der Waals surface area contributed by atoms with Crippen LogP contribution in [0.1, 0.15) is 18.4 Å². The third-order valence-electron chi connectivity index (χ3n) is 4.30. The van der Waals surface area contributed by atoms with Gasteiger partial charge in [0.2, 0.25) is 0 Å². The van der Waals surface area contributed by atoms with Crippen molar-refractivity contribution in [3.05, 3.63) is 29.8 Å². The maximum atomic E-state index is 11.6. The first kappa shape index (κ1) is 22.0. The van der Waals surface area contributed by atoms with E-state index in [0.717, 1.165) is 37.5 Å². The highest BCUT2D eigenvalue weighted by Crippen LogP contribution is 2.13. The number of guanidine groups is 1. The lowest BCUT2D eigenvalue weighted by atomic mass is 10.2. The Balaban J connectivity index is 1.66. The molecule has 0 spiro atoms. The number of hydrogen-bond donors (Lipinski definition) is 2. The van der Waals surface area contributed by atoms with Crippen LogP contribution >= 0.6 is 0 Å². The molecule has 0 aromatic heterocycles. The first-order valence-electron chi connectivity index (χ1n) is 9.64. The minimum atomic E-state index is -0.0717. The van der Waals surface area contributed by atoms with Crippen LogP contribution in [0.4, 0.5) is 0 Å². The van der Waals surface area contributed by atoms with Crippen LogP contribution in [0.25, 0.3) is 0 Å². The van der Waals surface area contributed by atoms with Gasteiger partial charge in [0.15, 0.2) is 12.6 Å². The van der Waals surface area contributed by atoms with Gasteiger partial charge in [0.05, 0.1) is 12.7 Å². The van der Waals surface area contributed by atoms with E-state index in [-0.39, 0.29) is 18.6 Å². The Morgan fingerprint density at radius 1 is 1.36 bits per heavy atom. The quantitative estimate of drug-likeness (QED) is 0.351. The van der Waals surface area contributed by atoms with E-state index in [9.17, 15) is 4.79 Å². The van der Waals surface area contributed by atoms with Crippen molar-refractivity contribution >= 4 is 11.9 Å². The van der Waals surface area contributed by atoms with Gasteiger partial charge in [-0.3, -0.25) is 9.79 Å². The number of aliphatic imine (C=N–C) groups is 1. The van der Waals surface area contributed by atoms with Crippen LogP contribution < -0.4 is 15.4 Å². The third kappa shape index (κ3) is 8.14. The average Bonchev–Trinajstić information content (AvgIpc) is 3.22. The molecule has 1 aromatic carbocycles. The molecule has 156 valence electrons. The van der Waals surface area contributed by atoms with Gasteiger partial charge in [0, 0.05) is 47.4 Å². The summed E-state index contributed by atoms with van der Waals surface area (Å²) in [6.45, 7) is 3.64. The van der Waals surface area contributed by atoms with E-state index in [0.29, 0.717) is 25.5 Å². The number of rotatable bonds is 10. The molecule has 8 heteroatoms. The van der Waals surface area contributed by atoms with Crippen molar-refractivity contribution in [1.29, 1.82) is 0 Å². The predicted molar refractivity (Wildman–Crippen MR) is 109 cm³/mol. The molecule has 0 aliphatic carbocycles. The molecule has 1 atom stereocenters.